The fourth-order valence-electron chi connectivity index (χ4n) is 1.96. The molecule has 1 rings (SSSR count). The van der Waals surface area contributed by atoms with Crippen LogP contribution in [0, 0.1) is 22.7 Å². The van der Waals surface area contributed by atoms with Crippen LogP contribution in [0.2, 0.25) is 0 Å². The third-order valence-corrected chi connectivity index (χ3v) is 3.04. The average molecular weight is 285 g/mol. The van der Waals surface area contributed by atoms with E-state index in [2.05, 4.69) is 17.5 Å². The number of nitrogens with zero attached hydrogens (tertiary/aromatic N) is 2. The van der Waals surface area contributed by atoms with Gasteiger partial charge in [-0.2, -0.15) is 10.5 Å². The molecule has 0 bridgehead atoms. The summed E-state index contributed by atoms with van der Waals surface area (Å²) in [5, 5.41) is 21.1. The van der Waals surface area contributed by atoms with Crippen molar-refractivity contribution < 1.29 is 9.53 Å². The Balaban J connectivity index is 2.89. The molecule has 0 radical (unpaired) electrons. The van der Waals surface area contributed by atoms with Crippen LogP contribution in [0.1, 0.15) is 32.6 Å². The summed E-state index contributed by atoms with van der Waals surface area (Å²) in [5.74, 6) is -0.576. The molecule has 0 amide bonds. The van der Waals surface area contributed by atoms with Crippen molar-refractivity contribution >= 4 is 11.7 Å². The number of hydrogen-bond acceptors (Lipinski definition) is 5. The van der Waals surface area contributed by atoms with Gasteiger partial charge in [-0.15, -0.1) is 0 Å². The van der Waals surface area contributed by atoms with E-state index in [1.807, 2.05) is 18.2 Å². The highest BCUT2D eigenvalue weighted by molar-refractivity contribution is 5.88. The summed E-state index contributed by atoms with van der Waals surface area (Å²) in [6, 6.07) is 13.2. The molecule has 1 aromatic rings. The zero-order valence-electron chi connectivity index (χ0n) is 12.1. The van der Waals surface area contributed by atoms with Crippen molar-refractivity contribution in [2.75, 3.05) is 11.9 Å². The average Bonchev–Trinajstić information content (AvgIpc) is 2.51. The topological polar surface area (TPSA) is 85.9 Å². The summed E-state index contributed by atoms with van der Waals surface area (Å²) < 4.78 is 5.04. The lowest BCUT2D eigenvalue weighted by Crippen LogP contribution is -2.46. The molecule has 1 atom stereocenters. The Kier molecular flexibility index (Phi) is 6.77. The summed E-state index contributed by atoms with van der Waals surface area (Å²) >= 11 is 0. The van der Waals surface area contributed by atoms with Crippen molar-refractivity contribution in [3.05, 3.63) is 30.3 Å². The predicted molar refractivity (Wildman–Crippen MR) is 79.1 cm³/mol. The molecular weight excluding hydrogens is 266 g/mol. The summed E-state index contributed by atoms with van der Waals surface area (Å²) in [4.78, 5) is 12.2. The molecule has 5 heteroatoms. The molecule has 0 aromatic heterocycles. The highest BCUT2D eigenvalue weighted by Gasteiger charge is 2.40. The second-order valence-electron chi connectivity index (χ2n) is 4.59. The molecule has 0 aliphatic carbocycles. The van der Waals surface area contributed by atoms with Gasteiger partial charge in [0.15, 0.2) is 0 Å². The molecule has 0 aliphatic heterocycles. The molecule has 21 heavy (non-hydrogen) atoms. The maximum Gasteiger partial charge on any atom is 0.346 e. The van der Waals surface area contributed by atoms with Gasteiger partial charge in [-0.3, -0.25) is 0 Å². The number of nitrogens with one attached hydrogen (secondary N) is 1. The van der Waals surface area contributed by atoms with Gasteiger partial charge >= 0.3 is 5.97 Å². The quantitative estimate of drug-likeness (QED) is 0.586. The number of carbonyl (C=O) groups excluding carboxylic acids is 1. The molecule has 0 fully saturated rings. The molecule has 1 unspecified atom stereocenters. The number of nitriles is 2. The first-order valence-corrected chi connectivity index (χ1v) is 6.97. The van der Waals surface area contributed by atoms with Crippen molar-refractivity contribution in [3.8, 4) is 12.1 Å². The van der Waals surface area contributed by atoms with Gasteiger partial charge in [-0.05, 0) is 38.3 Å². The van der Waals surface area contributed by atoms with Crippen LogP contribution in [-0.2, 0) is 9.53 Å². The fraction of sp³-hybridized carbons (Fsp3) is 0.438. The van der Waals surface area contributed by atoms with Crippen molar-refractivity contribution in [1.82, 2.24) is 0 Å². The van der Waals surface area contributed by atoms with Crippen LogP contribution in [-0.4, -0.2) is 18.1 Å². The van der Waals surface area contributed by atoms with Crippen LogP contribution in [0.25, 0.3) is 0 Å². The Labute approximate surface area is 125 Å². The summed E-state index contributed by atoms with van der Waals surface area (Å²) in [5.41, 5.74) is -0.723. The molecule has 0 saturated carbocycles. The lowest BCUT2D eigenvalue weighted by Gasteiger charge is -2.26. The van der Waals surface area contributed by atoms with Gasteiger partial charge in [0.25, 0.3) is 0 Å². The second-order valence-corrected chi connectivity index (χ2v) is 4.59. The van der Waals surface area contributed by atoms with E-state index in [0.29, 0.717) is 31.4 Å². The van der Waals surface area contributed by atoms with Gasteiger partial charge in [0, 0.05) is 12.1 Å². The van der Waals surface area contributed by atoms with Gasteiger partial charge in [-0.1, -0.05) is 18.2 Å². The Morgan fingerprint density at radius 1 is 1.29 bits per heavy atom. The maximum atomic E-state index is 12.2. The van der Waals surface area contributed by atoms with Crippen LogP contribution in [0.4, 0.5) is 5.69 Å². The Morgan fingerprint density at radius 2 is 2.00 bits per heavy atom. The number of rotatable bonds is 8. The van der Waals surface area contributed by atoms with E-state index in [1.54, 1.807) is 19.1 Å². The number of para-hydroxylation sites is 1. The Hall–Kier alpha value is -2.53. The van der Waals surface area contributed by atoms with E-state index in [1.165, 1.54) is 0 Å². The summed E-state index contributed by atoms with van der Waals surface area (Å²) in [6.07, 6.45) is 1.96. The Bertz CT molecular complexity index is 531. The minimum absolute atomic E-state index is 0.219. The van der Waals surface area contributed by atoms with Gasteiger partial charge in [0.05, 0.1) is 12.7 Å². The zero-order valence-corrected chi connectivity index (χ0v) is 12.1. The summed E-state index contributed by atoms with van der Waals surface area (Å²) in [7, 11) is 0. The first-order valence-electron chi connectivity index (χ1n) is 6.97. The third-order valence-electron chi connectivity index (χ3n) is 3.04. The van der Waals surface area contributed by atoms with Crippen LogP contribution in [0.15, 0.2) is 30.3 Å². The van der Waals surface area contributed by atoms with E-state index in [9.17, 15) is 10.1 Å². The van der Waals surface area contributed by atoms with Crippen molar-refractivity contribution in [1.29, 1.82) is 10.5 Å². The second kappa shape index (κ2) is 8.60. The highest BCUT2D eigenvalue weighted by Crippen LogP contribution is 2.23. The van der Waals surface area contributed by atoms with E-state index in [-0.39, 0.29) is 6.61 Å². The minimum Gasteiger partial charge on any atom is -0.463 e. The molecule has 0 heterocycles. The van der Waals surface area contributed by atoms with Gasteiger partial charge in [0.2, 0.25) is 5.54 Å². The number of esters is 1. The van der Waals surface area contributed by atoms with Crippen molar-refractivity contribution in [2.24, 2.45) is 0 Å². The molecule has 110 valence electrons. The zero-order chi connectivity index (χ0) is 15.6. The van der Waals surface area contributed by atoms with Crippen LogP contribution < -0.4 is 5.32 Å². The maximum absolute atomic E-state index is 12.2. The Morgan fingerprint density at radius 3 is 2.57 bits per heavy atom. The number of benzene rings is 1. The van der Waals surface area contributed by atoms with Gasteiger partial charge < -0.3 is 10.1 Å². The number of hydrogen-bond donors (Lipinski definition) is 1. The van der Waals surface area contributed by atoms with E-state index in [0.717, 1.165) is 0 Å². The molecule has 1 aromatic carbocycles. The summed E-state index contributed by atoms with van der Waals surface area (Å²) in [6.45, 7) is 1.93. The molecule has 0 aliphatic rings. The van der Waals surface area contributed by atoms with Gasteiger partial charge in [-0.25, -0.2) is 4.79 Å². The van der Waals surface area contributed by atoms with Crippen LogP contribution in [0.3, 0.4) is 0 Å². The smallest absolute Gasteiger partial charge is 0.346 e. The predicted octanol–water partition coefficient (Wildman–Crippen LogP) is 3.01. The highest BCUT2D eigenvalue weighted by atomic mass is 16.5. The van der Waals surface area contributed by atoms with E-state index in [4.69, 9.17) is 10.00 Å². The number of unbranched alkanes of at least 4 members (excludes halogenated alkanes) is 2. The largest absolute Gasteiger partial charge is 0.463 e. The number of carbonyl (C=O) groups is 1. The van der Waals surface area contributed by atoms with E-state index >= 15 is 0 Å². The molecule has 0 saturated heterocycles. The first kappa shape index (κ1) is 16.5. The monoisotopic (exact) mass is 285 g/mol. The third kappa shape index (κ3) is 4.81. The lowest BCUT2D eigenvalue weighted by molar-refractivity contribution is -0.146. The lowest BCUT2D eigenvalue weighted by atomic mass is 9.93. The molecule has 1 N–H and O–H groups in total. The van der Waals surface area contributed by atoms with Crippen LogP contribution in [0.5, 0.6) is 0 Å². The molecular formula is C16H19N3O2. The first-order chi connectivity index (χ1) is 10.2. The minimum atomic E-state index is -1.41. The fourth-order valence-corrected chi connectivity index (χ4v) is 1.96. The van der Waals surface area contributed by atoms with Crippen LogP contribution >= 0.6 is 0 Å². The number of ether oxygens (including phenoxy) is 1. The standard InChI is InChI=1S/C16H19N3O2/c1-2-21-15(20)16(13-18,11-7-4-8-12-17)19-14-9-5-3-6-10-14/h3,5-6,9-10,19H,2,4,7-8,11H2,1H3. The van der Waals surface area contributed by atoms with E-state index < -0.39 is 11.5 Å². The van der Waals surface area contributed by atoms with Gasteiger partial charge in [0.1, 0.15) is 6.07 Å². The SMILES string of the molecule is CCOC(=O)C(C#N)(CCCCC#N)Nc1ccccc1. The molecule has 0 spiro atoms. The number of anilines is 1. The van der Waals surface area contributed by atoms with Crippen molar-refractivity contribution in [2.45, 2.75) is 38.1 Å². The van der Waals surface area contributed by atoms with Crippen molar-refractivity contribution in [3.63, 3.8) is 0 Å². The normalized spacial score (nSPS) is 12.5. The molecule has 5 nitrogen and oxygen atoms in total.